The van der Waals surface area contributed by atoms with Crippen LogP contribution >= 0.6 is 11.8 Å². The molecule has 1 aliphatic heterocycles. The van der Waals surface area contributed by atoms with Gasteiger partial charge in [-0.05, 0) is 36.4 Å². The molecule has 0 spiro atoms. The molecule has 1 aromatic rings. The minimum absolute atomic E-state index is 0.158. The Labute approximate surface area is 111 Å². The van der Waals surface area contributed by atoms with Gasteiger partial charge in [0.05, 0.1) is 4.91 Å². The molecular formula is C13H16N2O2S. The Balaban J connectivity index is 2.17. The van der Waals surface area contributed by atoms with Gasteiger partial charge in [0, 0.05) is 25.5 Å². The number of carbonyl (C=O) groups is 2. The largest absolute Gasteiger partial charge is 0.351 e. The summed E-state index contributed by atoms with van der Waals surface area (Å²) in [5, 5.41) is -0.158. The molecular weight excluding hydrogens is 248 g/mol. The third kappa shape index (κ3) is 2.51. The Bertz CT molecular complexity index is 505. The van der Waals surface area contributed by atoms with Crippen molar-refractivity contribution in [3.8, 4) is 0 Å². The molecule has 0 aromatic carbocycles. The van der Waals surface area contributed by atoms with Crippen LogP contribution in [0.1, 0.15) is 25.5 Å². The molecule has 1 aromatic heterocycles. The van der Waals surface area contributed by atoms with Gasteiger partial charge < -0.3 is 4.57 Å². The van der Waals surface area contributed by atoms with Crippen molar-refractivity contribution in [2.75, 3.05) is 6.54 Å². The molecule has 0 bridgehead atoms. The van der Waals surface area contributed by atoms with Gasteiger partial charge in [-0.2, -0.15) is 0 Å². The summed E-state index contributed by atoms with van der Waals surface area (Å²) in [6.07, 6.45) is 5.51. The van der Waals surface area contributed by atoms with Crippen LogP contribution in [0.25, 0.3) is 6.08 Å². The van der Waals surface area contributed by atoms with E-state index >= 15 is 0 Å². The van der Waals surface area contributed by atoms with E-state index in [2.05, 4.69) is 0 Å². The zero-order valence-corrected chi connectivity index (χ0v) is 11.4. The molecule has 4 nitrogen and oxygen atoms in total. The molecule has 18 heavy (non-hydrogen) atoms. The summed E-state index contributed by atoms with van der Waals surface area (Å²) >= 11 is 1.02. The van der Waals surface area contributed by atoms with Crippen molar-refractivity contribution >= 4 is 29.0 Å². The first-order valence-electron chi connectivity index (χ1n) is 6.00. The van der Waals surface area contributed by atoms with Crippen LogP contribution in [-0.4, -0.2) is 27.2 Å². The molecule has 0 saturated carbocycles. The summed E-state index contributed by atoms with van der Waals surface area (Å²) in [7, 11) is 1.91. The number of thioether (sulfide) groups is 1. The van der Waals surface area contributed by atoms with Crippen LogP contribution < -0.4 is 0 Å². The predicted octanol–water partition coefficient (Wildman–Crippen LogP) is 2.86. The topological polar surface area (TPSA) is 42.3 Å². The zero-order valence-electron chi connectivity index (χ0n) is 10.5. The van der Waals surface area contributed by atoms with Gasteiger partial charge in [-0.25, -0.2) is 0 Å². The summed E-state index contributed by atoms with van der Waals surface area (Å²) in [6.45, 7) is 2.56. The molecule has 1 aliphatic rings. The Morgan fingerprint density at radius 3 is 2.78 bits per heavy atom. The first kappa shape index (κ1) is 13.0. The van der Waals surface area contributed by atoms with Gasteiger partial charge in [-0.1, -0.05) is 13.3 Å². The van der Waals surface area contributed by atoms with Crippen molar-refractivity contribution in [3.63, 3.8) is 0 Å². The second-order valence-electron chi connectivity index (χ2n) is 4.23. The number of hydrogen-bond acceptors (Lipinski definition) is 3. The minimum atomic E-state index is -0.167. The molecule has 0 unspecified atom stereocenters. The Kier molecular flexibility index (Phi) is 3.91. The summed E-state index contributed by atoms with van der Waals surface area (Å²) in [4.78, 5) is 25.6. The Morgan fingerprint density at radius 1 is 1.39 bits per heavy atom. The van der Waals surface area contributed by atoms with E-state index in [1.165, 1.54) is 4.90 Å². The number of unbranched alkanes of at least 4 members (excludes halogenated alkanes) is 1. The SMILES string of the molecule is CCCCN1C(=O)SC(=Cc2cccn2C)C1=O. The maximum Gasteiger partial charge on any atom is 0.293 e. The third-order valence-electron chi connectivity index (χ3n) is 2.87. The molecule has 0 atom stereocenters. The molecule has 96 valence electrons. The fourth-order valence-electron chi connectivity index (χ4n) is 1.77. The predicted molar refractivity (Wildman–Crippen MR) is 73.0 cm³/mol. The van der Waals surface area contributed by atoms with Crippen LogP contribution in [0.5, 0.6) is 0 Å². The first-order valence-corrected chi connectivity index (χ1v) is 6.82. The van der Waals surface area contributed by atoms with E-state index in [-0.39, 0.29) is 11.1 Å². The van der Waals surface area contributed by atoms with E-state index in [0.717, 1.165) is 30.3 Å². The molecule has 0 radical (unpaired) electrons. The first-order chi connectivity index (χ1) is 8.63. The van der Waals surface area contributed by atoms with Crippen LogP contribution in [0.4, 0.5) is 4.79 Å². The second kappa shape index (κ2) is 5.44. The lowest BCUT2D eigenvalue weighted by Crippen LogP contribution is -2.29. The normalized spacial score (nSPS) is 18.1. The van der Waals surface area contributed by atoms with E-state index in [9.17, 15) is 9.59 Å². The lowest BCUT2D eigenvalue weighted by atomic mass is 10.3. The average molecular weight is 264 g/mol. The zero-order chi connectivity index (χ0) is 13.1. The van der Waals surface area contributed by atoms with Crippen molar-refractivity contribution in [2.24, 2.45) is 7.05 Å². The van der Waals surface area contributed by atoms with Gasteiger partial charge in [0.1, 0.15) is 0 Å². The highest BCUT2D eigenvalue weighted by molar-refractivity contribution is 8.18. The summed E-state index contributed by atoms with van der Waals surface area (Å²) in [6, 6.07) is 3.83. The highest BCUT2D eigenvalue weighted by atomic mass is 32.2. The third-order valence-corrected chi connectivity index (χ3v) is 3.78. The van der Waals surface area contributed by atoms with E-state index < -0.39 is 0 Å². The average Bonchev–Trinajstić information content (AvgIpc) is 2.84. The number of rotatable bonds is 4. The summed E-state index contributed by atoms with van der Waals surface area (Å²) in [5.74, 6) is -0.167. The van der Waals surface area contributed by atoms with E-state index in [1.807, 2.05) is 36.9 Å². The van der Waals surface area contributed by atoms with Gasteiger partial charge >= 0.3 is 0 Å². The molecule has 5 heteroatoms. The number of nitrogens with zero attached hydrogens (tertiary/aromatic N) is 2. The maximum atomic E-state index is 12.1. The lowest BCUT2D eigenvalue weighted by Gasteiger charge is -2.10. The molecule has 2 heterocycles. The van der Waals surface area contributed by atoms with Crippen molar-refractivity contribution in [2.45, 2.75) is 19.8 Å². The second-order valence-corrected chi connectivity index (χ2v) is 5.22. The lowest BCUT2D eigenvalue weighted by molar-refractivity contribution is -0.122. The molecule has 2 amide bonds. The summed E-state index contributed by atoms with van der Waals surface area (Å²) < 4.78 is 1.92. The molecule has 2 rings (SSSR count). The van der Waals surface area contributed by atoms with Crippen molar-refractivity contribution in [1.29, 1.82) is 0 Å². The molecule has 0 aliphatic carbocycles. The highest BCUT2D eigenvalue weighted by Crippen LogP contribution is 2.32. The summed E-state index contributed by atoms with van der Waals surface area (Å²) in [5.41, 5.74) is 0.927. The molecule has 0 N–H and O–H groups in total. The van der Waals surface area contributed by atoms with Crippen LogP contribution in [0, 0.1) is 0 Å². The molecule has 1 saturated heterocycles. The standard InChI is InChI=1S/C13H16N2O2S/c1-3-4-8-15-12(16)11(18-13(15)17)9-10-6-5-7-14(10)2/h5-7,9H,3-4,8H2,1-2H3. The number of carbonyl (C=O) groups excluding carboxylic acids is 2. The fourth-order valence-corrected chi connectivity index (χ4v) is 2.62. The van der Waals surface area contributed by atoms with Crippen molar-refractivity contribution < 1.29 is 9.59 Å². The fraction of sp³-hybridized carbons (Fsp3) is 0.385. The minimum Gasteiger partial charge on any atom is -0.351 e. The van der Waals surface area contributed by atoms with Gasteiger partial charge in [0.2, 0.25) is 0 Å². The van der Waals surface area contributed by atoms with E-state index in [1.54, 1.807) is 6.08 Å². The van der Waals surface area contributed by atoms with Crippen molar-refractivity contribution in [3.05, 3.63) is 28.9 Å². The van der Waals surface area contributed by atoms with Gasteiger partial charge in [-0.3, -0.25) is 14.5 Å². The maximum absolute atomic E-state index is 12.1. The Hall–Kier alpha value is -1.49. The Morgan fingerprint density at radius 2 is 2.17 bits per heavy atom. The van der Waals surface area contributed by atoms with Crippen LogP contribution in [0.15, 0.2) is 23.2 Å². The van der Waals surface area contributed by atoms with Crippen LogP contribution in [0.2, 0.25) is 0 Å². The van der Waals surface area contributed by atoms with Crippen molar-refractivity contribution in [1.82, 2.24) is 9.47 Å². The van der Waals surface area contributed by atoms with Crippen LogP contribution in [-0.2, 0) is 11.8 Å². The van der Waals surface area contributed by atoms with Gasteiger partial charge in [0.15, 0.2) is 0 Å². The molecule has 1 fully saturated rings. The number of amides is 2. The van der Waals surface area contributed by atoms with Crippen LogP contribution in [0.3, 0.4) is 0 Å². The van der Waals surface area contributed by atoms with Gasteiger partial charge in [0.25, 0.3) is 11.1 Å². The van der Waals surface area contributed by atoms with E-state index in [0.29, 0.717) is 11.4 Å². The van der Waals surface area contributed by atoms with Gasteiger partial charge in [-0.15, -0.1) is 0 Å². The van der Waals surface area contributed by atoms with E-state index in [4.69, 9.17) is 0 Å². The number of aryl methyl sites for hydroxylation is 1. The quantitative estimate of drug-likeness (QED) is 0.785. The number of imide groups is 1. The highest BCUT2D eigenvalue weighted by Gasteiger charge is 2.34. The number of hydrogen-bond donors (Lipinski definition) is 0. The number of aromatic nitrogens is 1. The monoisotopic (exact) mass is 264 g/mol. The smallest absolute Gasteiger partial charge is 0.293 e.